The fraction of sp³-hybridized carbons (Fsp3) is 1.00. The SMILES string of the molecule is CC(C)(C)C[C@H](O)[C@@H](O)[C@H](O[C@@H]1O[C@H](CO)[C@@H](O[C@@H]2O[C@H](CO)[C@@H](O)[C@H](O)[C@H]2O)[C@H](O)[C@H]1O)[C@H](O)CO. The normalized spacial score (nSPS) is 40.7. The summed E-state index contributed by atoms with van der Waals surface area (Å²) >= 11 is 0. The first-order valence-corrected chi connectivity index (χ1v) is 12.1. The fourth-order valence-electron chi connectivity index (χ4n) is 4.29. The van der Waals surface area contributed by atoms with E-state index in [1.165, 1.54) is 0 Å². The number of ether oxygens (including phenoxy) is 4. The second kappa shape index (κ2) is 13.6. The molecule has 0 aromatic heterocycles. The Balaban J connectivity index is 2.18. The van der Waals surface area contributed by atoms with Crippen molar-refractivity contribution in [3.8, 4) is 0 Å². The lowest BCUT2D eigenvalue weighted by Crippen LogP contribution is -2.65. The van der Waals surface area contributed by atoms with Crippen molar-refractivity contribution in [2.75, 3.05) is 19.8 Å². The molecule has 0 unspecified atom stereocenters. The molecule has 37 heavy (non-hydrogen) atoms. The van der Waals surface area contributed by atoms with Crippen LogP contribution in [0.3, 0.4) is 0 Å². The van der Waals surface area contributed by atoms with E-state index >= 15 is 0 Å². The first-order valence-electron chi connectivity index (χ1n) is 12.1. The number of hydrogen-bond acceptors (Lipinski definition) is 15. The Morgan fingerprint density at radius 1 is 0.703 bits per heavy atom. The van der Waals surface area contributed by atoms with E-state index in [9.17, 15) is 56.2 Å². The van der Waals surface area contributed by atoms with Crippen LogP contribution >= 0.6 is 0 Å². The van der Waals surface area contributed by atoms with Crippen molar-refractivity contribution >= 4 is 0 Å². The van der Waals surface area contributed by atoms with Gasteiger partial charge in [0, 0.05) is 0 Å². The van der Waals surface area contributed by atoms with Gasteiger partial charge in [-0.05, 0) is 11.8 Å². The summed E-state index contributed by atoms with van der Waals surface area (Å²) in [6.07, 6.45) is -23.4. The van der Waals surface area contributed by atoms with Crippen LogP contribution in [0, 0.1) is 5.41 Å². The van der Waals surface area contributed by atoms with Crippen molar-refractivity contribution in [2.24, 2.45) is 5.41 Å². The van der Waals surface area contributed by atoms with E-state index in [0.29, 0.717) is 0 Å². The van der Waals surface area contributed by atoms with Crippen LogP contribution in [0.2, 0.25) is 0 Å². The molecule has 0 radical (unpaired) electrons. The van der Waals surface area contributed by atoms with E-state index in [-0.39, 0.29) is 6.42 Å². The summed E-state index contributed by atoms with van der Waals surface area (Å²) in [5.41, 5.74) is -0.427. The van der Waals surface area contributed by atoms with Gasteiger partial charge in [-0.25, -0.2) is 0 Å². The molecule has 0 aliphatic carbocycles. The highest BCUT2D eigenvalue weighted by atomic mass is 16.7. The van der Waals surface area contributed by atoms with Gasteiger partial charge in [0.05, 0.1) is 25.9 Å². The second-order valence-corrected chi connectivity index (χ2v) is 10.7. The largest absolute Gasteiger partial charge is 0.394 e. The molecule has 2 aliphatic rings. The van der Waals surface area contributed by atoms with E-state index in [0.717, 1.165) is 0 Å². The van der Waals surface area contributed by atoms with Gasteiger partial charge in [-0.3, -0.25) is 0 Å². The Morgan fingerprint density at radius 2 is 1.24 bits per heavy atom. The molecule has 14 atom stereocenters. The minimum absolute atomic E-state index is 0.0805. The van der Waals surface area contributed by atoms with Crippen LogP contribution in [0.1, 0.15) is 27.2 Å². The molecule has 2 saturated heterocycles. The average Bonchev–Trinajstić information content (AvgIpc) is 2.84. The molecular formula is C22H42O15. The summed E-state index contributed by atoms with van der Waals surface area (Å²) < 4.78 is 21.6. The third kappa shape index (κ3) is 7.97. The van der Waals surface area contributed by atoms with E-state index in [1.807, 2.05) is 0 Å². The van der Waals surface area contributed by atoms with Crippen LogP contribution in [-0.4, -0.2) is 162 Å². The molecule has 0 aromatic carbocycles. The minimum Gasteiger partial charge on any atom is -0.394 e. The standard InChI is InChI=1S/C22H42O15/c1-22(2,3)4-8(26)12(28)18(9(27)5-23)36-21-17(33)15(31)19(11(7-25)35-21)37-20-16(32)14(30)13(29)10(6-24)34-20/h8-21,23-33H,4-7H2,1-3H3/t8-,9+,10+,11+,12+,13+,14-,15+,16+,17+,18+,19+,20-,21-/m0/s1. The quantitative estimate of drug-likeness (QED) is 0.115. The Kier molecular flexibility index (Phi) is 12.0. The van der Waals surface area contributed by atoms with Gasteiger partial charge in [-0.15, -0.1) is 0 Å². The number of aliphatic hydroxyl groups excluding tert-OH is 11. The van der Waals surface area contributed by atoms with Crippen molar-refractivity contribution in [1.82, 2.24) is 0 Å². The Labute approximate surface area is 214 Å². The number of hydrogen-bond donors (Lipinski definition) is 11. The van der Waals surface area contributed by atoms with Gasteiger partial charge in [-0.2, -0.15) is 0 Å². The number of rotatable bonds is 11. The highest BCUT2D eigenvalue weighted by Crippen LogP contribution is 2.31. The molecule has 0 aromatic rings. The van der Waals surface area contributed by atoms with Crippen molar-refractivity contribution in [3.63, 3.8) is 0 Å². The Hall–Kier alpha value is -0.600. The van der Waals surface area contributed by atoms with Gasteiger partial charge in [0.15, 0.2) is 12.6 Å². The summed E-state index contributed by atoms with van der Waals surface area (Å²) in [4.78, 5) is 0. The molecule has 15 nitrogen and oxygen atoms in total. The van der Waals surface area contributed by atoms with E-state index in [2.05, 4.69) is 0 Å². The van der Waals surface area contributed by atoms with Gasteiger partial charge in [0.2, 0.25) is 0 Å². The maximum Gasteiger partial charge on any atom is 0.187 e. The molecule has 2 rings (SSSR count). The molecule has 0 bridgehead atoms. The van der Waals surface area contributed by atoms with Crippen LogP contribution in [0.5, 0.6) is 0 Å². The van der Waals surface area contributed by atoms with Crippen molar-refractivity contribution < 1.29 is 75.1 Å². The molecule has 220 valence electrons. The van der Waals surface area contributed by atoms with Crippen molar-refractivity contribution in [3.05, 3.63) is 0 Å². The van der Waals surface area contributed by atoms with Gasteiger partial charge >= 0.3 is 0 Å². The van der Waals surface area contributed by atoms with Gasteiger partial charge in [0.1, 0.15) is 67.1 Å². The molecule has 2 fully saturated rings. The first-order chi connectivity index (χ1) is 17.2. The molecular weight excluding hydrogens is 504 g/mol. The van der Waals surface area contributed by atoms with Crippen molar-refractivity contribution in [1.29, 1.82) is 0 Å². The summed E-state index contributed by atoms with van der Waals surface area (Å²) in [6.45, 7) is 2.94. The lowest BCUT2D eigenvalue weighted by atomic mass is 9.86. The second-order valence-electron chi connectivity index (χ2n) is 10.7. The number of aliphatic hydroxyl groups is 11. The van der Waals surface area contributed by atoms with E-state index < -0.39 is 111 Å². The first kappa shape index (κ1) is 32.6. The summed E-state index contributed by atoms with van der Waals surface area (Å²) in [5, 5.41) is 111. The smallest absolute Gasteiger partial charge is 0.187 e. The zero-order valence-corrected chi connectivity index (χ0v) is 21.0. The van der Waals surface area contributed by atoms with Crippen LogP contribution < -0.4 is 0 Å². The molecule has 0 saturated carbocycles. The molecule has 0 amide bonds. The minimum atomic E-state index is -1.93. The summed E-state index contributed by atoms with van der Waals surface area (Å²) in [5.74, 6) is 0. The van der Waals surface area contributed by atoms with E-state index in [4.69, 9.17) is 18.9 Å². The predicted octanol–water partition coefficient (Wildman–Crippen LogP) is -5.49. The molecule has 2 heterocycles. The average molecular weight is 547 g/mol. The molecule has 0 spiro atoms. The topological polar surface area (TPSA) is 259 Å². The van der Waals surface area contributed by atoms with Crippen LogP contribution in [-0.2, 0) is 18.9 Å². The summed E-state index contributed by atoms with van der Waals surface area (Å²) in [6, 6.07) is 0. The van der Waals surface area contributed by atoms with Crippen LogP contribution in [0.4, 0.5) is 0 Å². The zero-order chi connectivity index (χ0) is 28.2. The van der Waals surface area contributed by atoms with Crippen LogP contribution in [0.25, 0.3) is 0 Å². The van der Waals surface area contributed by atoms with Gasteiger partial charge < -0.3 is 75.1 Å². The monoisotopic (exact) mass is 546 g/mol. The predicted molar refractivity (Wildman–Crippen MR) is 120 cm³/mol. The Morgan fingerprint density at radius 3 is 1.76 bits per heavy atom. The van der Waals surface area contributed by atoms with Gasteiger partial charge in [0.25, 0.3) is 0 Å². The van der Waals surface area contributed by atoms with Crippen molar-refractivity contribution in [2.45, 2.75) is 113 Å². The summed E-state index contributed by atoms with van der Waals surface area (Å²) in [7, 11) is 0. The zero-order valence-electron chi connectivity index (χ0n) is 21.0. The van der Waals surface area contributed by atoms with Gasteiger partial charge in [-0.1, -0.05) is 20.8 Å². The third-order valence-corrected chi connectivity index (χ3v) is 6.37. The maximum absolute atomic E-state index is 10.7. The highest BCUT2D eigenvalue weighted by molar-refractivity contribution is 4.95. The molecule has 11 N–H and O–H groups in total. The molecule has 15 heteroatoms. The molecule has 2 aliphatic heterocycles. The lowest BCUT2D eigenvalue weighted by Gasteiger charge is -2.46. The van der Waals surface area contributed by atoms with Crippen LogP contribution in [0.15, 0.2) is 0 Å². The maximum atomic E-state index is 10.7. The Bertz CT molecular complexity index is 673. The van der Waals surface area contributed by atoms with E-state index in [1.54, 1.807) is 20.8 Å². The highest BCUT2D eigenvalue weighted by Gasteiger charge is 2.51. The lowest BCUT2D eigenvalue weighted by molar-refractivity contribution is -0.367. The third-order valence-electron chi connectivity index (χ3n) is 6.37. The fourth-order valence-corrected chi connectivity index (χ4v) is 4.29.